The van der Waals surface area contributed by atoms with Crippen LogP contribution in [0.15, 0.2) is 18.2 Å². The fourth-order valence-corrected chi connectivity index (χ4v) is 3.28. The van der Waals surface area contributed by atoms with Crippen LogP contribution in [0.5, 0.6) is 0 Å². The van der Waals surface area contributed by atoms with E-state index in [1.165, 1.54) is 41.6 Å². The second-order valence-electron chi connectivity index (χ2n) is 4.57. The topological polar surface area (TPSA) is 29.3 Å². The second-order valence-corrected chi connectivity index (χ2v) is 5.74. The van der Waals surface area contributed by atoms with Gasteiger partial charge in [-0.2, -0.15) is 0 Å². The van der Waals surface area contributed by atoms with Gasteiger partial charge in [0.1, 0.15) is 0 Å². The standard InChI is InChI=1S/C13H19IN2/c1-2-10-4-3-7-16(9-10)13-6-5-11(15)8-12(13)14/h5-6,8,10H,2-4,7,9,15H2,1H3. The summed E-state index contributed by atoms with van der Waals surface area (Å²) in [6.07, 6.45) is 4.00. The van der Waals surface area contributed by atoms with E-state index in [1.807, 2.05) is 6.07 Å². The molecule has 0 spiro atoms. The van der Waals surface area contributed by atoms with E-state index >= 15 is 0 Å². The number of rotatable bonds is 2. The van der Waals surface area contributed by atoms with Crippen molar-refractivity contribution in [3.63, 3.8) is 0 Å². The largest absolute Gasteiger partial charge is 0.399 e. The first-order valence-electron chi connectivity index (χ1n) is 6.00. The normalized spacial score (nSPS) is 21.1. The van der Waals surface area contributed by atoms with Crippen LogP contribution in [0.3, 0.4) is 0 Å². The van der Waals surface area contributed by atoms with E-state index in [9.17, 15) is 0 Å². The van der Waals surface area contributed by atoms with E-state index in [4.69, 9.17) is 5.73 Å². The van der Waals surface area contributed by atoms with Crippen LogP contribution in [0.4, 0.5) is 11.4 Å². The maximum Gasteiger partial charge on any atom is 0.0503 e. The summed E-state index contributed by atoms with van der Waals surface area (Å²) in [7, 11) is 0. The van der Waals surface area contributed by atoms with Crippen LogP contribution in [-0.4, -0.2) is 13.1 Å². The lowest BCUT2D eigenvalue weighted by Gasteiger charge is -2.34. The zero-order valence-corrected chi connectivity index (χ0v) is 11.9. The van der Waals surface area contributed by atoms with Crippen molar-refractivity contribution in [3.05, 3.63) is 21.8 Å². The molecule has 0 saturated carbocycles. The van der Waals surface area contributed by atoms with Gasteiger partial charge < -0.3 is 10.6 Å². The summed E-state index contributed by atoms with van der Waals surface area (Å²) in [5, 5.41) is 0. The lowest BCUT2D eigenvalue weighted by Crippen LogP contribution is -2.35. The van der Waals surface area contributed by atoms with Gasteiger partial charge in [0.2, 0.25) is 0 Å². The summed E-state index contributed by atoms with van der Waals surface area (Å²) in [5.74, 6) is 0.863. The number of piperidine rings is 1. The molecule has 0 radical (unpaired) electrons. The Kier molecular flexibility index (Phi) is 3.95. The Bertz CT molecular complexity index is 365. The third-order valence-electron chi connectivity index (χ3n) is 3.41. The monoisotopic (exact) mass is 330 g/mol. The van der Waals surface area contributed by atoms with E-state index in [-0.39, 0.29) is 0 Å². The average Bonchev–Trinajstić information content (AvgIpc) is 2.29. The van der Waals surface area contributed by atoms with Crippen LogP contribution in [0, 0.1) is 9.49 Å². The molecule has 1 aliphatic heterocycles. The van der Waals surface area contributed by atoms with E-state index < -0.39 is 0 Å². The number of nitrogens with two attached hydrogens (primary N) is 1. The van der Waals surface area contributed by atoms with E-state index in [0.29, 0.717) is 0 Å². The predicted octanol–water partition coefficient (Wildman–Crippen LogP) is 3.50. The quantitative estimate of drug-likeness (QED) is 0.664. The Morgan fingerprint density at radius 1 is 1.50 bits per heavy atom. The summed E-state index contributed by atoms with van der Waals surface area (Å²) < 4.78 is 1.27. The van der Waals surface area contributed by atoms with Crippen molar-refractivity contribution >= 4 is 34.0 Å². The van der Waals surface area contributed by atoms with Gasteiger partial charge in [-0.05, 0) is 59.5 Å². The molecule has 0 bridgehead atoms. The van der Waals surface area contributed by atoms with Gasteiger partial charge in [0.05, 0.1) is 5.69 Å². The molecule has 0 aliphatic carbocycles. The van der Waals surface area contributed by atoms with Crippen molar-refractivity contribution in [1.29, 1.82) is 0 Å². The minimum Gasteiger partial charge on any atom is -0.399 e. The molecule has 0 amide bonds. The van der Waals surface area contributed by atoms with Crippen molar-refractivity contribution < 1.29 is 0 Å². The Morgan fingerprint density at radius 3 is 3.00 bits per heavy atom. The lowest BCUT2D eigenvalue weighted by atomic mass is 9.95. The molecule has 1 aromatic carbocycles. The first kappa shape index (κ1) is 12.0. The molecule has 1 aliphatic rings. The number of nitrogen functional groups attached to an aromatic ring is 1. The third kappa shape index (κ3) is 2.62. The highest BCUT2D eigenvalue weighted by molar-refractivity contribution is 14.1. The maximum atomic E-state index is 5.79. The average molecular weight is 330 g/mol. The summed E-state index contributed by atoms with van der Waals surface area (Å²) in [4.78, 5) is 2.51. The predicted molar refractivity (Wildman–Crippen MR) is 78.8 cm³/mol. The highest BCUT2D eigenvalue weighted by atomic mass is 127. The molecule has 1 aromatic rings. The van der Waals surface area contributed by atoms with Crippen molar-refractivity contribution in [3.8, 4) is 0 Å². The molecular formula is C13H19IN2. The van der Waals surface area contributed by atoms with Gasteiger partial charge in [-0.1, -0.05) is 13.3 Å². The fraction of sp³-hybridized carbons (Fsp3) is 0.538. The number of benzene rings is 1. The highest BCUT2D eigenvalue weighted by Crippen LogP contribution is 2.29. The Balaban J connectivity index is 2.16. The molecule has 1 heterocycles. The molecule has 2 N–H and O–H groups in total. The molecule has 88 valence electrons. The molecular weight excluding hydrogens is 311 g/mol. The molecule has 16 heavy (non-hydrogen) atoms. The summed E-state index contributed by atoms with van der Waals surface area (Å²) in [6.45, 7) is 4.69. The third-order valence-corrected chi connectivity index (χ3v) is 4.27. The van der Waals surface area contributed by atoms with Crippen molar-refractivity contribution in [1.82, 2.24) is 0 Å². The van der Waals surface area contributed by atoms with E-state index in [0.717, 1.165) is 11.6 Å². The summed E-state index contributed by atoms with van der Waals surface area (Å²) in [5.41, 5.74) is 8.00. The lowest BCUT2D eigenvalue weighted by molar-refractivity contribution is 0.404. The Hall–Kier alpha value is -0.450. The fourth-order valence-electron chi connectivity index (χ4n) is 2.40. The number of hydrogen-bond donors (Lipinski definition) is 1. The SMILES string of the molecule is CCC1CCCN(c2ccc(N)cc2I)C1. The van der Waals surface area contributed by atoms with Gasteiger partial charge in [0.25, 0.3) is 0 Å². The first-order chi connectivity index (χ1) is 7.70. The molecule has 1 fully saturated rings. The number of hydrogen-bond acceptors (Lipinski definition) is 2. The molecule has 1 saturated heterocycles. The highest BCUT2D eigenvalue weighted by Gasteiger charge is 2.19. The Morgan fingerprint density at radius 2 is 2.31 bits per heavy atom. The first-order valence-corrected chi connectivity index (χ1v) is 7.08. The number of halogens is 1. The van der Waals surface area contributed by atoms with Gasteiger partial charge in [-0.3, -0.25) is 0 Å². The van der Waals surface area contributed by atoms with Crippen LogP contribution in [0.1, 0.15) is 26.2 Å². The van der Waals surface area contributed by atoms with Gasteiger partial charge >= 0.3 is 0 Å². The molecule has 2 rings (SSSR count). The molecule has 1 atom stereocenters. The molecule has 0 aromatic heterocycles. The second kappa shape index (κ2) is 5.25. The van der Waals surface area contributed by atoms with E-state index in [2.05, 4.69) is 46.5 Å². The summed E-state index contributed by atoms with van der Waals surface area (Å²) in [6, 6.07) is 6.23. The van der Waals surface area contributed by atoms with Gasteiger partial charge in [-0.25, -0.2) is 0 Å². The van der Waals surface area contributed by atoms with Crippen LogP contribution in [0.2, 0.25) is 0 Å². The Labute approximate surface area is 111 Å². The van der Waals surface area contributed by atoms with Crippen LogP contribution in [0.25, 0.3) is 0 Å². The maximum absolute atomic E-state index is 5.79. The number of anilines is 2. The van der Waals surface area contributed by atoms with E-state index in [1.54, 1.807) is 0 Å². The van der Waals surface area contributed by atoms with Crippen LogP contribution >= 0.6 is 22.6 Å². The van der Waals surface area contributed by atoms with Crippen LogP contribution < -0.4 is 10.6 Å². The molecule has 1 unspecified atom stereocenters. The van der Waals surface area contributed by atoms with Crippen molar-refractivity contribution in [2.45, 2.75) is 26.2 Å². The van der Waals surface area contributed by atoms with Gasteiger partial charge in [0.15, 0.2) is 0 Å². The van der Waals surface area contributed by atoms with Gasteiger partial charge in [0, 0.05) is 22.3 Å². The molecule has 2 nitrogen and oxygen atoms in total. The molecule has 3 heteroatoms. The summed E-state index contributed by atoms with van der Waals surface area (Å²) >= 11 is 2.39. The number of nitrogens with zero attached hydrogens (tertiary/aromatic N) is 1. The minimum absolute atomic E-state index is 0.859. The van der Waals surface area contributed by atoms with Crippen LogP contribution in [-0.2, 0) is 0 Å². The zero-order chi connectivity index (χ0) is 11.5. The minimum atomic E-state index is 0.859. The van der Waals surface area contributed by atoms with Gasteiger partial charge in [-0.15, -0.1) is 0 Å². The zero-order valence-electron chi connectivity index (χ0n) is 9.75. The van der Waals surface area contributed by atoms with Crippen molar-refractivity contribution in [2.24, 2.45) is 5.92 Å². The smallest absolute Gasteiger partial charge is 0.0503 e. The van der Waals surface area contributed by atoms with Crippen molar-refractivity contribution in [2.75, 3.05) is 23.7 Å².